The molecule has 3 nitrogen and oxygen atoms in total. The third kappa shape index (κ3) is 3.34. The van der Waals surface area contributed by atoms with E-state index in [-0.39, 0.29) is 0 Å². The average Bonchev–Trinajstić information content (AvgIpc) is 2.91. The number of ether oxygens (including phenoxy) is 1. The van der Waals surface area contributed by atoms with Crippen molar-refractivity contribution in [3.05, 3.63) is 23.8 Å². The van der Waals surface area contributed by atoms with Crippen LogP contribution in [0.2, 0.25) is 0 Å². The molecule has 1 heterocycles. The molecule has 1 aromatic carbocycles. The van der Waals surface area contributed by atoms with Crippen LogP contribution in [0.1, 0.15) is 51.0 Å². The topological polar surface area (TPSA) is 32.7 Å². The molecule has 3 rings (SSSR count). The minimum absolute atomic E-state index is 0.378. The zero-order valence-corrected chi connectivity index (χ0v) is 13.1. The first-order valence-electron chi connectivity index (χ1n) is 8.46. The van der Waals surface area contributed by atoms with Gasteiger partial charge in [0.1, 0.15) is 11.5 Å². The first-order chi connectivity index (χ1) is 10.3. The Morgan fingerprint density at radius 2 is 2.10 bits per heavy atom. The largest absolute Gasteiger partial charge is 0.507 e. The van der Waals surface area contributed by atoms with E-state index >= 15 is 0 Å². The normalized spacial score (nSPS) is 25.8. The number of phenols is 1. The molecule has 1 N–H and O–H groups in total. The van der Waals surface area contributed by atoms with Crippen LogP contribution in [0.5, 0.6) is 11.5 Å². The minimum atomic E-state index is 0.378. The van der Waals surface area contributed by atoms with Crippen LogP contribution >= 0.6 is 0 Å². The average molecular weight is 289 g/mol. The molecular weight excluding hydrogens is 262 g/mol. The highest BCUT2D eigenvalue weighted by Gasteiger charge is 2.35. The van der Waals surface area contributed by atoms with Gasteiger partial charge >= 0.3 is 0 Å². The number of nitrogens with zero attached hydrogens (tertiary/aromatic N) is 1. The summed E-state index contributed by atoms with van der Waals surface area (Å²) in [6.07, 6.45) is 7.83. The van der Waals surface area contributed by atoms with E-state index in [0.29, 0.717) is 12.4 Å². The molecule has 0 spiro atoms. The Bertz CT molecular complexity index is 474. The summed E-state index contributed by atoms with van der Waals surface area (Å²) in [7, 11) is 0. The molecule has 0 amide bonds. The van der Waals surface area contributed by atoms with Crippen LogP contribution in [0.4, 0.5) is 0 Å². The second kappa shape index (κ2) is 6.69. The number of phenolic OH excluding ortho intramolecular Hbond substituents is 1. The number of rotatable bonds is 5. The summed E-state index contributed by atoms with van der Waals surface area (Å²) < 4.78 is 5.57. The van der Waals surface area contributed by atoms with Crippen LogP contribution in [0.3, 0.4) is 0 Å². The maximum atomic E-state index is 10.2. The molecule has 2 fully saturated rings. The zero-order valence-electron chi connectivity index (χ0n) is 13.1. The summed E-state index contributed by atoms with van der Waals surface area (Å²) in [5.74, 6) is 2.05. The number of aromatic hydroxyl groups is 1. The van der Waals surface area contributed by atoms with Crippen molar-refractivity contribution in [3.8, 4) is 11.5 Å². The van der Waals surface area contributed by atoms with Crippen molar-refractivity contribution < 1.29 is 9.84 Å². The Balaban J connectivity index is 1.64. The third-order valence-corrected chi connectivity index (χ3v) is 5.03. The van der Waals surface area contributed by atoms with Crippen molar-refractivity contribution in [3.63, 3.8) is 0 Å². The molecule has 116 valence electrons. The van der Waals surface area contributed by atoms with Gasteiger partial charge in [-0.05, 0) is 44.2 Å². The van der Waals surface area contributed by atoms with Crippen molar-refractivity contribution in [2.45, 2.75) is 58.0 Å². The Morgan fingerprint density at radius 1 is 1.24 bits per heavy atom. The van der Waals surface area contributed by atoms with Gasteiger partial charge in [0.15, 0.2) is 0 Å². The Morgan fingerprint density at radius 3 is 2.90 bits per heavy atom. The van der Waals surface area contributed by atoms with E-state index in [1.165, 1.54) is 38.6 Å². The van der Waals surface area contributed by atoms with Crippen molar-refractivity contribution in [1.29, 1.82) is 0 Å². The van der Waals surface area contributed by atoms with E-state index in [2.05, 4.69) is 11.8 Å². The maximum Gasteiger partial charge on any atom is 0.123 e. The molecule has 0 aromatic heterocycles. The van der Waals surface area contributed by atoms with E-state index in [4.69, 9.17) is 4.74 Å². The lowest BCUT2D eigenvalue weighted by molar-refractivity contribution is 0.174. The van der Waals surface area contributed by atoms with E-state index in [0.717, 1.165) is 36.2 Å². The molecule has 1 saturated heterocycles. The van der Waals surface area contributed by atoms with Crippen molar-refractivity contribution in [2.75, 3.05) is 13.2 Å². The second-order valence-corrected chi connectivity index (χ2v) is 6.51. The lowest BCUT2D eigenvalue weighted by Gasteiger charge is -2.31. The number of benzene rings is 1. The fraction of sp³-hybridized carbons (Fsp3) is 0.667. The van der Waals surface area contributed by atoms with Crippen molar-refractivity contribution in [2.24, 2.45) is 5.92 Å². The van der Waals surface area contributed by atoms with Crippen LogP contribution in [-0.2, 0) is 6.54 Å². The van der Waals surface area contributed by atoms with Gasteiger partial charge in [-0.1, -0.05) is 25.8 Å². The first kappa shape index (κ1) is 14.7. The Hall–Kier alpha value is -1.22. The van der Waals surface area contributed by atoms with Gasteiger partial charge in [0.25, 0.3) is 0 Å². The van der Waals surface area contributed by atoms with Crippen LogP contribution in [0.25, 0.3) is 0 Å². The van der Waals surface area contributed by atoms with Gasteiger partial charge in [-0.15, -0.1) is 0 Å². The summed E-state index contributed by atoms with van der Waals surface area (Å²) in [5, 5.41) is 10.2. The van der Waals surface area contributed by atoms with Crippen LogP contribution in [0, 0.1) is 5.92 Å². The summed E-state index contributed by atoms with van der Waals surface area (Å²) in [4.78, 5) is 2.57. The van der Waals surface area contributed by atoms with Crippen molar-refractivity contribution >= 4 is 0 Å². The molecule has 2 unspecified atom stereocenters. The van der Waals surface area contributed by atoms with E-state index < -0.39 is 0 Å². The number of fused-ring (bicyclic) bond motifs is 1. The Labute approximate surface area is 127 Å². The molecule has 2 aliphatic rings. The molecule has 0 radical (unpaired) electrons. The summed E-state index contributed by atoms with van der Waals surface area (Å²) in [6, 6.07) is 6.52. The molecule has 3 heteroatoms. The third-order valence-electron chi connectivity index (χ3n) is 5.03. The molecule has 1 aliphatic carbocycles. The van der Waals surface area contributed by atoms with E-state index in [1.54, 1.807) is 6.07 Å². The fourth-order valence-corrected chi connectivity index (χ4v) is 3.91. The molecule has 21 heavy (non-hydrogen) atoms. The zero-order chi connectivity index (χ0) is 14.7. The molecule has 1 aromatic rings. The van der Waals surface area contributed by atoms with Crippen LogP contribution in [0.15, 0.2) is 18.2 Å². The second-order valence-electron chi connectivity index (χ2n) is 6.51. The van der Waals surface area contributed by atoms with E-state index in [9.17, 15) is 5.11 Å². The highest BCUT2D eigenvalue weighted by molar-refractivity contribution is 5.39. The lowest BCUT2D eigenvalue weighted by atomic mass is 9.85. The van der Waals surface area contributed by atoms with E-state index in [1.807, 2.05) is 12.1 Å². The quantitative estimate of drug-likeness (QED) is 0.891. The van der Waals surface area contributed by atoms with Gasteiger partial charge in [-0.25, -0.2) is 0 Å². The lowest BCUT2D eigenvalue weighted by Crippen LogP contribution is -2.34. The molecule has 0 bridgehead atoms. The first-order valence-corrected chi connectivity index (χ1v) is 8.46. The monoisotopic (exact) mass is 289 g/mol. The number of hydrogen-bond acceptors (Lipinski definition) is 3. The highest BCUT2D eigenvalue weighted by Crippen LogP contribution is 2.37. The van der Waals surface area contributed by atoms with Gasteiger partial charge in [0.2, 0.25) is 0 Å². The standard InChI is InChI=1S/C18H27NO2/c1-2-11-21-16-8-7-15(18(20)12-16)13-19-10-9-14-5-3-4-6-17(14)19/h7-8,12,14,17,20H,2-6,9-11,13H2,1H3. The highest BCUT2D eigenvalue weighted by atomic mass is 16.5. The van der Waals surface area contributed by atoms with Gasteiger partial charge in [-0.2, -0.15) is 0 Å². The number of likely N-dealkylation sites (tertiary alicyclic amines) is 1. The summed E-state index contributed by atoms with van der Waals surface area (Å²) >= 11 is 0. The SMILES string of the molecule is CCCOc1ccc(CN2CCC3CCCCC32)c(O)c1. The molecular formula is C18H27NO2. The predicted molar refractivity (Wildman–Crippen MR) is 84.7 cm³/mol. The molecule has 1 aliphatic heterocycles. The van der Waals surface area contributed by atoms with Crippen LogP contribution in [-0.4, -0.2) is 29.2 Å². The summed E-state index contributed by atoms with van der Waals surface area (Å²) in [5.41, 5.74) is 1.03. The Kier molecular flexibility index (Phi) is 4.69. The fourth-order valence-electron chi connectivity index (χ4n) is 3.91. The maximum absolute atomic E-state index is 10.2. The van der Waals surface area contributed by atoms with Crippen molar-refractivity contribution in [1.82, 2.24) is 4.90 Å². The summed E-state index contributed by atoms with van der Waals surface area (Å²) in [6.45, 7) is 4.85. The van der Waals surface area contributed by atoms with Gasteiger partial charge < -0.3 is 9.84 Å². The predicted octanol–water partition coefficient (Wildman–Crippen LogP) is 3.95. The number of hydrogen-bond donors (Lipinski definition) is 1. The minimum Gasteiger partial charge on any atom is -0.507 e. The van der Waals surface area contributed by atoms with Gasteiger partial charge in [-0.3, -0.25) is 4.90 Å². The van der Waals surface area contributed by atoms with Gasteiger partial charge in [0, 0.05) is 24.2 Å². The van der Waals surface area contributed by atoms with Crippen LogP contribution < -0.4 is 4.74 Å². The smallest absolute Gasteiger partial charge is 0.123 e. The molecule has 2 atom stereocenters. The van der Waals surface area contributed by atoms with Gasteiger partial charge in [0.05, 0.1) is 6.61 Å². The molecule has 1 saturated carbocycles.